The quantitative estimate of drug-likeness (QED) is 0.903. The molecule has 1 aliphatic rings. The van der Waals surface area contributed by atoms with Crippen molar-refractivity contribution in [1.82, 2.24) is 5.32 Å². The van der Waals surface area contributed by atoms with E-state index in [2.05, 4.69) is 5.32 Å². The van der Waals surface area contributed by atoms with Crippen molar-refractivity contribution in [2.24, 2.45) is 0 Å². The molecule has 3 nitrogen and oxygen atoms in total. The average Bonchev–Trinajstić information content (AvgIpc) is 2.61. The average molecular weight is 327 g/mol. The number of halogens is 1. The van der Waals surface area contributed by atoms with Crippen molar-refractivity contribution < 1.29 is 13.9 Å². The summed E-state index contributed by atoms with van der Waals surface area (Å²) in [5.74, 6) is 0.563. The van der Waals surface area contributed by atoms with Gasteiger partial charge in [-0.1, -0.05) is 24.3 Å². The van der Waals surface area contributed by atoms with Gasteiger partial charge in [-0.2, -0.15) is 0 Å². The van der Waals surface area contributed by atoms with Gasteiger partial charge >= 0.3 is 0 Å². The standard InChI is InChI=1S/C20H22FNO2/c1-24-16-10-11-17-15(13-16)6-4-8-19(17)22-20(23)12-9-14-5-2-3-7-18(14)21/h2-3,5,7,10-11,13,19H,4,6,8-9,12H2,1H3,(H,22,23)/t19-/m0/s1. The van der Waals surface area contributed by atoms with Crippen LogP contribution < -0.4 is 10.1 Å². The lowest BCUT2D eigenvalue weighted by molar-refractivity contribution is -0.121. The summed E-state index contributed by atoms with van der Waals surface area (Å²) in [6, 6.07) is 12.7. The predicted molar refractivity (Wildman–Crippen MR) is 91.5 cm³/mol. The van der Waals surface area contributed by atoms with E-state index in [4.69, 9.17) is 4.74 Å². The number of benzene rings is 2. The maximum atomic E-state index is 13.6. The molecule has 0 unspecified atom stereocenters. The molecule has 1 amide bonds. The summed E-state index contributed by atoms with van der Waals surface area (Å²) in [6.07, 6.45) is 3.70. The topological polar surface area (TPSA) is 38.3 Å². The second-order valence-corrected chi connectivity index (χ2v) is 6.17. The molecular formula is C20H22FNO2. The van der Waals surface area contributed by atoms with E-state index in [1.165, 1.54) is 17.2 Å². The fourth-order valence-electron chi connectivity index (χ4n) is 3.28. The van der Waals surface area contributed by atoms with Gasteiger partial charge in [0.15, 0.2) is 0 Å². The molecule has 2 aromatic carbocycles. The fourth-order valence-corrected chi connectivity index (χ4v) is 3.28. The first-order valence-electron chi connectivity index (χ1n) is 8.37. The Labute approximate surface area is 141 Å². The van der Waals surface area contributed by atoms with Crippen molar-refractivity contribution in [1.29, 1.82) is 0 Å². The first-order valence-corrected chi connectivity index (χ1v) is 8.37. The molecule has 0 saturated heterocycles. The molecule has 0 aliphatic heterocycles. The highest BCUT2D eigenvalue weighted by molar-refractivity contribution is 5.76. The summed E-state index contributed by atoms with van der Waals surface area (Å²) in [6.45, 7) is 0. The van der Waals surface area contributed by atoms with Gasteiger partial charge in [-0.15, -0.1) is 0 Å². The van der Waals surface area contributed by atoms with E-state index < -0.39 is 0 Å². The van der Waals surface area contributed by atoms with Gasteiger partial charge in [0.1, 0.15) is 11.6 Å². The molecule has 4 heteroatoms. The van der Waals surface area contributed by atoms with Crippen LogP contribution in [-0.4, -0.2) is 13.0 Å². The van der Waals surface area contributed by atoms with E-state index in [-0.39, 0.29) is 17.8 Å². The molecule has 0 bridgehead atoms. The molecule has 1 aliphatic carbocycles. The van der Waals surface area contributed by atoms with Crippen molar-refractivity contribution in [3.8, 4) is 5.75 Å². The summed E-state index contributed by atoms with van der Waals surface area (Å²) >= 11 is 0. The minimum atomic E-state index is -0.250. The number of amides is 1. The maximum absolute atomic E-state index is 13.6. The van der Waals surface area contributed by atoms with E-state index in [1.54, 1.807) is 25.3 Å². The normalized spacial score (nSPS) is 16.3. The van der Waals surface area contributed by atoms with Crippen molar-refractivity contribution in [3.05, 3.63) is 65.0 Å². The van der Waals surface area contributed by atoms with Gasteiger partial charge in [-0.3, -0.25) is 4.79 Å². The van der Waals surface area contributed by atoms with Crippen molar-refractivity contribution in [2.75, 3.05) is 7.11 Å². The number of carbonyl (C=O) groups excluding carboxylic acids is 1. The number of aryl methyl sites for hydroxylation is 2. The zero-order valence-corrected chi connectivity index (χ0v) is 13.8. The van der Waals surface area contributed by atoms with Crippen LogP contribution in [0.2, 0.25) is 0 Å². The highest BCUT2D eigenvalue weighted by Gasteiger charge is 2.22. The van der Waals surface area contributed by atoms with Gasteiger partial charge in [-0.05, 0) is 60.6 Å². The summed E-state index contributed by atoms with van der Waals surface area (Å²) in [5, 5.41) is 3.10. The number of methoxy groups -OCH3 is 1. The van der Waals surface area contributed by atoms with Crippen molar-refractivity contribution >= 4 is 5.91 Å². The van der Waals surface area contributed by atoms with Crippen molar-refractivity contribution in [2.45, 2.75) is 38.1 Å². The monoisotopic (exact) mass is 327 g/mol. The number of rotatable bonds is 5. The van der Waals surface area contributed by atoms with Gasteiger partial charge in [0.2, 0.25) is 5.91 Å². The number of hydrogen-bond donors (Lipinski definition) is 1. The Kier molecular flexibility index (Phi) is 5.14. The minimum Gasteiger partial charge on any atom is -0.497 e. The second-order valence-electron chi connectivity index (χ2n) is 6.17. The Balaban J connectivity index is 1.62. The zero-order chi connectivity index (χ0) is 16.9. The Bertz CT molecular complexity index is 729. The smallest absolute Gasteiger partial charge is 0.220 e. The first-order chi connectivity index (χ1) is 11.7. The molecule has 3 rings (SSSR count). The lowest BCUT2D eigenvalue weighted by Gasteiger charge is -2.27. The van der Waals surface area contributed by atoms with E-state index in [9.17, 15) is 9.18 Å². The van der Waals surface area contributed by atoms with Gasteiger partial charge in [0.25, 0.3) is 0 Å². The molecule has 0 fully saturated rings. The third-order valence-corrected chi connectivity index (χ3v) is 4.58. The molecule has 0 saturated carbocycles. The second kappa shape index (κ2) is 7.47. The summed E-state index contributed by atoms with van der Waals surface area (Å²) < 4.78 is 18.9. The zero-order valence-electron chi connectivity index (χ0n) is 13.8. The third-order valence-electron chi connectivity index (χ3n) is 4.58. The third kappa shape index (κ3) is 3.75. The largest absolute Gasteiger partial charge is 0.497 e. The summed E-state index contributed by atoms with van der Waals surface area (Å²) in [5.41, 5.74) is 2.99. The molecule has 0 spiro atoms. The van der Waals surface area contributed by atoms with Crippen LogP contribution in [0.5, 0.6) is 5.75 Å². The predicted octanol–water partition coefficient (Wildman–Crippen LogP) is 3.96. The van der Waals surface area contributed by atoms with Gasteiger partial charge < -0.3 is 10.1 Å². The summed E-state index contributed by atoms with van der Waals surface area (Å²) in [7, 11) is 1.66. The lowest BCUT2D eigenvalue weighted by Crippen LogP contribution is -2.31. The van der Waals surface area contributed by atoms with Gasteiger partial charge in [-0.25, -0.2) is 4.39 Å². The van der Waals surface area contributed by atoms with Crippen LogP contribution in [0.15, 0.2) is 42.5 Å². The number of carbonyl (C=O) groups is 1. The van der Waals surface area contributed by atoms with Crippen LogP contribution in [0.1, 0.15) is 42.0 Å². The summed E-state index contributed by atoms with van der Waals surface area (Å²) in [4.78, 5) is 12.3. The molecule has 24 heavy (non-hydrogen) atoms. The van der Waals surface area contributed by atoms with E-state index in [1.807, 2.05) is 18.2 Å². The SMILES string of the molecule is COc1ccc2c(c1)CCC[C@@H]2NC(=O)CCc1ccccc1F. The molecule has 126 valence electrons. The van der Waals surface area contributed by atoms with Crippen LogP contribution in [0.25, 0.3) is 0 Å². The van der Waals surface area contributed by atoms with Crippen molar-refractivity contribution in [3.63, 3.8) is 0 Å². The Morgan fingerprint density at radius 3 is 2.92 bits per heavy atom. The highest BCUT2D eigenvalue weighted by atomic mass is 19.1. The molecule has 2 aromatic rings. The number of fused-ring (bicyclic) bond motifs is 1. The van der Waals surface area contributed by atoms with Crippen LogP contribution in [-0.2, 0) is 17.6 Å². The van der Waals surface area contributed by atoms with Crippen LogP contribution in [0.4, 0.5) is 4.39 Å². The van der Waals surface area contributed by atoms with Gasteiger partial charge in [0, 0.05) is 6.42 Å². The van der Waals surface area contributed by atoms with Crippen LogP contribution in [0, 0.1) is 5.82 Å². The van der Waals surface area contributed by atoms with Crippen LogP contribution in [0.3, 0.4) is 0 Å². The lowest BCUT2D eigenvalue weighted by atomic mass is 9.87. The van der Waals surface area contributed by atoms with E-state index in [0.717, 1.165) is 25.0 Å². The molecule has 0 heterocycles. The van der Waals surface area contributed by atoms with Crippen LogP contribution >= 0.6 is 0 Å². The number of nitrogens with one attached hydrogen (secondary N) is 1. The molecule has 1 atom stereocenters. The molecular weight excluding hydrogens is 305 g/mol. The molecule has 0 aromatic heterocycles. The Hall–Kier alpha value is -2.36. The van der Waals surface area contributed by atoms with E-state index >= 15 is 0 Å². The fraction of sp³-hybridized carbons (Fsp3) is 0.350. The Morgan fingerprint density at radius 1 is 1.29 bits per heavy atom. The molecule has 1 N–H and O–H groups in total. The van der Waals surface area contributed by atoms with Gasteiger partial charge in [0.05, 0.1) is 13.2 Å². The first kappa shape index (κ1) is 16.5. The maximum Gasteiger partial charge on any atom is 0.220 e. The number of ether oxygens (including phenoxy) is 1. The Morgan fingerprint density at radius 2 is 2.12 bits per heavy atom. The number of hydrogen-bond acceptors (Lipinski definition) is 2. The highest BCUT2D eigenvalue weighted by Crippen LogP contribution is 2.32. The van der Waals surface area contributed by atoms with E-state index in [0.29, 0.717) is 18.4 Å². The molecule has 0 radical (unpaired) electrons. The minimum absolute atomic E-state index is 0.0350.